The van der Waals surface area contributed by atoms with E-state index in [4.69, 9.17) is 32.7 Å². The van der Waals surface area contributed by atoms with Crippen LogP contribution in [-0.4, -0.2) is 58.5 Å². The van der Waals surface area contributed by atoms with Crippen molar-refractivity contribution in [1.29, 1.82) is 0 Å². The average Bonchev–Trinajstić information content (AvgIpc) is 2.97. The van der Waals surface area contributed by atoms with Crippen LogP contribution in [0.15, 0.2) is 65.6 Å². The second-order valence-electron chi connectivity index (χ2n) is 9.40. The highest BCUT2D eigenvalue weighted by Crippen LogP contribution is 2.33. The van der Waals surface area contributed by atoms with Crippen molar-refractivity contribution in [2.45, 2.75) is 44.7 Å². The monoisotopic (exact) mass is 635 g/mol. The first-order chi connectivity index (χ1) is 20.0. The maximum absolute atomic E-state index is 14.1. The van der Waals surface area contributed by atoms with Gasteiger partial charge in [-0.1, -0.05) is 53.9 Å². The molecule has 1 atom stereocenters. The first kappa shape index (κ1) is 33.0. The molecule has 3 rings (SSSR count). The summed E-state index contributed by atoms with van der Waals surface area (Å²) in [6.45, 7) is 5.06. The number of anilines is 1. The van der Waals surface area contributed by atoms with E-state index in [1.807, 2.05) is 6.92 Å². The van der Waals surface area contributed by atoms with Gasteiger partial charge in [-0.15, -0.1) is 0 Å². The van der Waals surface area contributed by atoms with Crippen LogP contribution in [0.4, 0.5) is 5.69 Å². The average molecular weight is 637 g/mol. The van der Waals surface area contributed by atoms with Gasteiger partial charge >= 0.3 is 0 Å². The van der Waals surface area contributed by atoms with Crippen molar-refractivity contribution in [2.24, 2.45) is 0 Å². The number of benzene rings is 3. The van der Waals surface area contributed by atoms with Gasteiger partial charge in [0, 0.05) is 34.8 Å². The Hall–Kier alpha value is -3.47. The standard InChI is InChI=1S/C30H35Cl2N3O6S/c1-6-26(30(37)33-7-2)34(18-23-24(31)9-8-10-25(23)32)29(36)19-35(21-13-11-20(3)12-14-21)42(38,39)22-15-16-27(40-4)28(17-22)41-5/h8-17,26H,6-7,18-19H2,1-5H3,(H,33,37)/t26-/m0/s1. The SMILES string of the molecule is CCNC(=O)[C@H](CC)N(Cc1c(Cl)cccc1Cl)C(=O)CN(c1ccc(C)cc1)S(=O)(=O)c1ccc(OC)c(OC)c1. The summed E-state index contributed by atoms with van der Waals surface area (Å²) < 4.78 is 39.8. The molecule has 2 amide bonds. The van der Waals surface area contributed by atoms with Crippen LogP contribution >= 0.6 is 23.2 Å². The van der Waals surface area contributed by atoms with E-state index in [1.54, 1.807) is 56.3 Å². The van der Waals surface area contributed by atoms with E-state index >= 15 is 0 Å². The van der Waals surface area contributed by atoms with Gasteiger partial charge in [0.25, 0.3) is 10.0 Å². The van der Waals surface area contributed by atoms with Gasteiger partial charge < -0.3 is 19.7 Å². The number of hydrogen-bond donors (Lipinski definition) is 1. The predicted molar refractivity (Wildman–Crippen MR) is 165 cm³/mol. The van der Waals surface area contributed by atoms with Gasteiger partial charge in [0.2, 0.25) is 11.8 Å². The lowest BCUT2D eigenvalue weighted by Gasteiger charge is -2.33. The molecule has 0 spiro atoms. The number of rotatable bonds is 13. The molecule has 0 aliphatic rings. The van der Waals surface area contributed by atoms with E-state index in [9.17, 15) is 18.0 Å². The van der Waals surface area contributed by atoms with E-state index < -0.39 is 28.5 Å². The Morgan fingerprint density at radius 3 is 2.10 bits per heavy atom. The molecule has 0 aliphatic carbocycles. The van der Waals surface area contributed by atoms with Gasteiger partial charge in [0.05, 0.1) is 24.8 Å². The number of aryl methyl sites for hydroxylation is 1. The summed E-state index contributed by atoms with van der Waals surface area (Å²) in [6, 6.07) is 15.0. The summed E-state index contributed by atoms with van der Waals surface area (Å²) in [7, 11) is -1.46. The molecule has 0 aliphatic heterocycles. The number of sulfonamides is 1. The lowest BCUT2D eigenvalue weighted by molar-refractivity contribution is -0.140. The molecular weight excluding hydrogens is 601 g/mol. The van der Waals surface area contributed by atoms with Crippen LogP contribution in [-0.2, 0) is 26.2 Å². The van der Waals surface area contributed by atoms with Crippen molar-refractivity contribution in [3.05, 3.63) is 81.8 Å². The van der Waals surface area contributed by atoms with Gasteiger partial charge in [-0.3, -0.25) is 13.9 Å². The number of carbonyl (C=O) groups is 2. The molecule has 0 radical (unpaired) electrons. The van der Waals surface area contributed by atoms with E-state index in [0.29, 0.717) is 27.9 Å². The summed E-state index contributed by atoms with van der Waals surface area (Å²) in [5, 5.41) is 3.40. The Labute approximate surface area is 257 Å². The molecule has 0 heterocycles. The second-order valence-corrected chi connectivity index (χ2v) is 12.1. The molecule has 0 unspecified atom stereocenters. The van der Waals surface area contributed by atoms with Crippen LogP contribution in [0, 0.1) is 6.92 Å². The summed E-state index contributed by atoms with van der Waals surface area (Å²) in [5.41, 5.74) is 1.62. The van der Waals surface area contributed by atoms with Crippen LogP contribution in [0.3, 0.4) is 0 Å². The number of likely N-dealkylation sites (N-methyl/N-ethyl adjacent to an activating group) is 1. The second kappa shape index (κ2) is 14.6. The number of methoxy groups -OCH3 is 2. The molecule has 0 saturated heterocycles. The van der Waals surface area contributed by atoms with E-state index in [1.165, 1.54) is 37.3 Å². The summed E-state index contributed by atoms with van der Waals surface area (Å²) in [6.07, 6.45) is 0.270. The van der Waals surface area contributed by atoms with Crippen molar-refractivity contribution in [3.8, 4) is 11.5 Å². The van der Waals surface area contributed by atoms with E-state index in [0.717, 1.165) is 9.87 Å². The zero-order valence-electron chi connectivity index (χ0n) is 24.2. The third-order valence-electron chi connectivity index (χ3n) is 6.67. The Morgan fingerprint density at radius 1 is 0.929 bits per heavy atom. The summed E-state index contributed by atoms with van der Waals surface area (Å²) in [5.74, 6) is -0.425. The van der Waals surface area contributed by atoms with Gasteiger partial charge in [-0.2, -0.15) is 0 Å². The molecule has 3 aromatic carbocycles. The minimum Gasteiger partial charge on any atom is -0.493 e. The molecule has 3 aromatic rings. The van der Waals surface area contributed by atoms with Gasteiger partial charge in [0.1, 0.15) is 12.6 Å². The highest BCUT2D eigenvalue weighted by molar-refractivity contribution is 7.92. The molecule has 0 fully saturated rings. The number of hydrogen-bond acceptors (Lipinski definition) is 6. The molecule has 226 valence electrons. The fourth-order valence-corrected chi connectivity index (χ4v) is 6.36. The van der Waals surface area contributed by atoms with E-state index in [2.05, 4.69) is 5.32 Å². The predicted octanol–water partition coefficient (Wildman–Crippen LogP) is 5.46. The van der Waals surface area contributed by atoms with Crippen LogP contribution < -0.4 is 19.1 Å². The Bertz CT molecular complexity index is 1500. The molecule has 0 saturated carbocycles. The first-order valence-electron chi connectivity index (χ1n) is 13.3. The van der Waals surface area contributed by atoms with Crippen molar-refractivity contribution in [3.63, 3.8) is 0 Å². The molecule has 0 bridgehead atoms. The zero-order chi connectivity index (χ0) is 31.0. The number of carbonyl (C=O) groups excluding carboxylic acids is 2. The molecule has 0 aromatic heterocycles. The normalized spacial score (nSPS) is 11.9. The molecule has 42 heavy (non-hydrogen) atoms. The van der Waals surface area contributed by atoms with Gasteiger partial charge in [0.15, 0.2) is 11.5 Å². The third kappa shape index (κ3) is 7.48. The Kier molecular flexibility index (Phi) is 11.5. The topological polar surface area (TPSA) is 105 Å². The lowest BCUT2D eigenvalue weighted by atomic mass is 10.1. The minimum atomic E-state index is -4.31. The number of nitrogens with zero attached hydrogens (tertiary/aromatic N) is 2. The molecule has 12 heteroatoms. The number of halogens is 2. The fourth-order valence-electron chi connectivity index (χ4n) is 4.41. The first-order valence-corrected chi connectivity index (χ1v) is 15.5. The summed E-state index contributed by atoms with van der Waals surface area (Å²) in [4.78, 5) is 28.5. The third-order valence-corrected chi connectivity index (χ3v) is 9.15. The quantitative estimate of drug-likeness (QED) is 0.267. The number of nitrogens with one attached hydrogen (secondary N) is 1. The van der Waals surface area contributed by atoms with Crippen LogP contribution in [0.5, 0.6) is 11.5 Å². The van der Waals surface area contributed by atoms with Crippen molar-refractivity contribution in [1.82, 2.24) is 10.2 Å². The van der Waals surface area contributed by atoms with Crippen LogP contribution in [0.2, 0.25) is 10.0 Å². The Balaban J connectivity index is 2.13. The molecular formula is C30H35Cl2N3O6S. The maximum atomic E-state index is 14.1. The largest absolute Gasteiger partial charge is 0.493 e. The maximum Gasteiger partial charge on any atom is 0.264 e. The van der Waals surface area contributed by atoms with Crippen molar-refractivity contribution in [2.75, 3.05) is 31.6 Å². The molecule has 9 nitrogen and oxygen atoms in total. The number of ether oxygens (including phenoxy) is 2. The van der Waals surface area contributed by atoms with Gasteiger partial charge in [-0.25, -0.2) is 8.42 Å². The highest BCUT2D eigenvalue weighted by Gasteiger charge is 2.34. The smallest absolute Gasteiger partial charge is 0.264 e. The van der Waals surface area contributed by atoms with Crippen molar-refractivity contribution >= 4 is 50.7 Å². The van der Waals surface area contributed by atoms with Crippen molar-refractivity contribution < 1.29 is 27.5 Å². The van der Waals surface area contributed by atoms with E-state index in [-0.39, 0.29) is 35.2 Å². The van der Waals surface area contributed by atoms with Gasteiger partial charge in [-0.05, 0) is 56.7 Å². The Morgan fingerprint density at radius 2 is 1.55 bits per heavy atom. The van der Waals surface area contributed by atoms with Crippen LogP contribution in [0.25, 0.3) is 0 Å². The summed E-state index contributed by atoms with van der Waals surface area (Å²) >= 11 is 12.9. The molecule has 1 N–H and O–H groups in total. The minimum absolute atomic E-state index is 0.106. The zero-order valence-corrected chi connectivity index (χ0v) is 26.5. The van der Waals surface area contributed by atoms with Crippen LogP contribution in [0.1, 0.15) is 31.4 Å². The highest BCUT2D eigenvalue weighted by atomic mass is 35.5. The number of amides is 2. The fraction of sp³-hybridized carbons (Fsp3) is 0.333. The lowest BCUT2D eigenvalue weighted by Crippen LogP contribution is -2.52.